The molecule has 0 aliphatic carbocycles. The standard InChI is InChI=1S/C14H13ClN2O2/c1-8-6-9(2-5-13(8)18)14(19)17-10-3-4-11(15)12(16)7-10/h2-7,18H,16H2,1H3,(H,17,19). The number of benzene rings is 2. The van der Waals surface area contributed by atoms with Crippen molar-refractivity contribution in [1.82, 2.24) is 0 Å². The number of halogens is 1. The number of hydrogen-bond acceptors (Lipinski definition) is 3. The van der Waals surface area contributed by atoms with Crippen molar-refractivity contribution in [2.24, 2.45) is 0 Å². The van der Waals surface area contributed by atoms with Crippen molar-refractivity contribution < 1.29 is 9.90 Å². The largest absolute Gasteiger partial charge is 0.508 e. The van der Waals surface area contributed by atoms with Gasteiger partial charge in [0.05, 0.1) is 10.7 Å². The molecule has 0 aliphatic heterocycles. The van der Waals surface area contributed by atoms with Gasteiger partial charge in [0.25, 0.3) is 5.91 Å². The fraction of sp³-hybridized carbons (Fsp3) is 0.0714. The maximum Gasteiger partial charge on any atom is 0.255 e. The Morgan fingerprint density at radius 2 is 2.00 bits per heavy atom. The van der Waals surface area contributed by atoms with E-state index in [1.165, 1.54) is 6.07 Å². The number of nitrogens with one attached hydrogen (secondary N) is 1. The number of amides is 1. The molecule has 0 fully saturated rings. The lowest BCUT2D eigenvalue weighted by molar-refractivity contribution is 0.102. The summed E-state index contributed by atoms with van der Waals surface area (Å²) < 4.78 is 0. The molecule has 0 unspecified atom stereocenters. The third-order valence-electron chi connectivity index (χ3n) is 2.71. The lowest BCUT2D eigenvalue weighted by atomic mass is 10.1. The van der Waals surface area contributed by atoms with Crippen molar-refractivity contribution in [3.8, 4) is 5.75 Å². The van der Waals surface area contributed by atoms with E-state index in [2.05, 4.69) is 5.32 Å². The number of aryl methyl sites for hydroxylation is 1. The van der Waals surface area contributed by atoms with Gasteiger partial charge in [0, 0.05) is 11.3 Å². The van der Waals surface area contributed by atoms with Crippen LogP contribution in [0.25, 0.3) is 0 Å². The van der Waals surface area contributed by atoms with E-state index in [1.54, 1.807) is 37.3 Å². The predicted octanol–water partition coefficient (Wildman–Crippen LogP) is 3.19. The second-order valence-electron chi connectivity index (χ2n) is 4.19. The topological polar surface area (TPSA) is 75.4 Å². The van der Waals surface area contributed by atoms with Crippen LogP contribution in [0.4, 0.5) is 11.4 Å². The molecule has 0 atom stereocenters. The highest BCUT2D eigenvalue weighted by Gasteiger charge is 2.08. The van der Waals surface area contributed by atoms with E-state index in [4.69, 9.17) is 17.3 Å². The third-order valence-corrected chi connectivity index (χ3v) is 3.06. The fourth-order valence-corrected chi connectivity index (χ4v) is 1.74. The Labute approximate surface area is 115 Å². The number of rotatable bonds is 2. The Bertz CT molecular complexity index is 641. The minimum atomic E-state index is -0.273. The monoisotopic (exact) mass is 276 g/mol. The molecule has 0 aromatic heterocycles. The Morgan fingerprint density at radius 3 is 2.63 bits per heavy atom. The lowest BCUT2D eigenvalue weighted by Crippen LogP contribution is -2.12. The van der Waals surface area contributed by atoms with Gasteiger partial charge in [-0.25, -0.2) is 0 Å². The molecule has 0 spiro atoms. The smallest absolute Gasteiger partial charge is 0.255 e. The Hall–Kier alpha value is -2.20. The van der Waals surface area contributed by atoms with Gasteiger partial charge >= 0.3 is 0 Å². The average Bonchev–Trinajstić information content (AvgIpc) is 2.37. The van der Waals surface area contributed by atoms with E-state index in [-0.39, 0.29) is 11.7 Å². The number of hydrogen-bond donors (Lipinski definition) is 3. The van der Waals surface area contributed by atoms with Crippen molar-refractivity contribution >= 4 is 28.9 Å². The van der Waals surface area contributed by atoms with Crippen LogP contribution in [0.5, 0.6) is 5.75 Å². The third kappa shape index (κ3) is 2.98. The van der Waals surface area contributed by atoms with E-state index < -0.39 is 0 Å². The summed E-state index contributed by atoms with van der Waals surface area (Å²) in [6, 6.07) is 9.54. The van der Waals surface area contributed by atoms with Crippen molar-refractivity contribution in [1.29, 1.82) is 0 Å². The number of carbonyl (C=O) groups excluding carboxylic acids is 1. The number of phenolic OH excluding ortho intramolecular Hbond substituents is 1. The summed E-state index contributed by atoms with van der Waals surface area (Å²) in [5, 5.41) is 12.6. The summed E-state index contributed by atoms with van der Waals surface area (Å²) in [4.78, 5) is 12.0. The molecule has 0 saturated carbocycles. The SMILES string of the molecule is Cc1cc(C(=O)Nc2ccc(Cl)c(N)c2)ccc1O. The molecule has 2 aromatic carbocycles. The molecule has 0 saturated heterocycles. The Balaban J connectivity index is 2.20. The molecule has 1 amide bonds. The molecule has 98 valence electrons. The van der Waals surface area contributed by atoms with E-state index >= 15 is 0 Å². The highest BCUT2D eigenvalue weighted by Crippen LogP contribution is 2.23. The van der Waals surface area contributed by atoms with Crippen LogP contribution in [0.1, 0.15) is 15.9 Å². The van der Waals surface area contributed by atoms with Gasteiger partial charge in [-0.3, -0.25) is 4.79 Å². The number of carbonyl (C=O) groups is 1. The van der Waals surface area contributed by atoms with E-state index in [0.29, 0.717) is 27.5 Å². The number of nitrogen functional groups attached to an aromatic ring is 1. The second kappa shape index (κ2) is 5.20. The highest BCUT2D eigenvalue weighted by atomic mass is 35.5. The molecule has 0 bridgehead atoms. The molecule has 0 heterocycles. The van der Waals surface area contributed by atoms with Gasteiger partial charge in [-0.05, 0) is 48.9 Å². The number of phenols is 1. The Kier molecular flexibility index (Phi) is 3.62. The molecule has 5 heteroatoms. The summed E-state index contributed by atoms with van der Waals surface area (Å²) in [6.07, 6.45) is 0. The minimum Gasteiger partial charge on any atom is -0.508 e. The summed E-state index contributed by atoms with van der Waals surface area (Å²) in [7, 11) is 0. The molecule has 2 rings (SSSR count). The van der Waals surface area contributed by atoms with Crippen LogP contribution in [0.2, 0.25) is 5.02 Å². The van der Waals surface area contributed by atoms with Crippen LogP contribution in [-0.4, -0.2) is 11.0 Å². The zero-order chi connectivity index (χ0) is 14.0. The summed E-state index contributed by atoms with van der Waals surface area (Å²) in [6.45, 7) is 1.73. The van der Waals surface area contributed by atoms with Gasteiger partial charge in [-0.15, -0.1) is 0 Å². The maximum atomic E-state index is 12.0. The maximum absolute atomic E-state index is 12.0. The summed E-state index contributed by atoms with van der Waals surface area (Å²) in [5.41, 5.74) is 7.74. The molecular formula is C14H13ClN2O2. The highest BCUT2D eigenvalue weighted by molar-refractivity contribution is 6.33. The molecule has 0 radical (unpaired) electrons. The fourth-order valence-electron chi connectivity index (χ4n) is 1.62. The van der Waals surface area contributed by atoms with Crippen molar-refractivity contribution in [3.05, 3.63) is 52.5 Å². The predicted molar refractivity (Wildman–Crippen MR) is 76.7 cm³/mol. The van der Waals surface area contributed by atoms with Crippen LogP contribution >= 0.6 is 11.6 Å². The van der Waals surface area contributed by atoms with E-state index in [0.717, 1.165) is 0 Å². The quantitative estimate of drug-likeness (QED) is 0.737. The van der Waals surface area contributed by atoms with Gasteiger partial charge in [0.1, 0.15) is 5.75 Å². The van der Waals surface area contributed by atoms with Gasteiger partial charge < -0.3 is 16.2 Å². The van der Waals surface area contributed by atoms with Crippen molar-refractivity contribution in [2.45, 2.75) is 6.92 Å². The zero-order valence-corrected chi connectivity index (χ0v) is 11.0. The number of nitrogens with two attached hydrogens (primary N) is 1. The molecule has 0 aliphatic rings. The normalized spacial score (nSPS) is 10.2. The van der Waals surface area contributed by atoms with Crippen LogP contribution in [0.3, 0.4) is 0 Å². The Morgan fingerprint density at radius 1 is 1.26 bits per heavy atom. The first-order valence-electron chi connectivity index (χ1n) is 5.63. The zero-order valence-electron chi connectivity index (χ0n) is 10.3. The average molecular weight is 277 g/mol. The van der Waals surface area contributed by atoms with Gasteiger partial charge in [-0.2, -0.15) is 0 Å². The van der Waals surface area contributed by atoms with Crippen LogP contribution in [0.15, 0.2) is 36.4 Å². The number of anilines is 2. The van der Waals surface area contributed by atoms with Crippen molar-refractivity contribution in [2.75, 3.05) is 11.1 Å². The first-order valence-corrected chi connectivity index (χ1v) is 6.01. The van der Waals surface area contributed by atoms with E-state index in [9.17, 15) is 9.90 Å². The summed E-state index contributed by atoms with van der Waals surface area (Å²) in [5.74, 6) is -0.114. The second-order valence-corrected chi connectivity index (χ2v) is 4.60. The molecule has 4 N–H and O–H groups in total. The molecule has 4 nitrogen and oxygen atoms in total. The summed E-state index contributed by atoms with van der Waals surface area (Å²) >= 11 is 5.81. The van der Waals surface area contributed by atoms with Crippen LogP contribution in [0, 0.1) is 6.92 Å². The molecular weight excluding hydrogens is 264 g/mol. The lowest BCUT2D eigenvalue weighted by Gasteiger charge is -2.08. The van der Waals surface area contributed by atoms with Crippen LogP contribution < -0.4 is 11.1 Å². The first-order chi connectivity index (χ1) is 8.97. The van der Waals surface area contributed by atoms with Crippen LogP contribution in [-0.2, 0) is 0 Å². The van der Waals surface area contributed by atoms with Gasteiger partial charge in [0.2, 0.25) is 0 Å². The van der Waals surface area contributed by atoms with Gasteiger partial charge in [-0.1, -0.05) is 11.6 Å². The van der Waals surface area contributed by atoms with Gasteiger partial charge in [0.15, 0.2) is 0 Å². The molecule has 2 aromatic rings. The van der Waals surface area contributed by atoms with E-state index in [1.807, 2.05) is 0 Å². The number of aromatic hydroxyl groups is 1. The minimum absolute atomic E-state index is 0.160. The van der Waals surface area contributed by atoms with Crippen molar-refractivity contribution in [3.63, 3.8) is 0 Å². The first kappa shape index (κ1) is 13.2. The molecule has 19 heavy (non-hydrogen) atoms.